The molecule has 3 rings (SSSR count). The molecule has 29 heavy (non-hydrogen) atoms. The predicted molar refractivity (Wildman–Crippen MR) is 112 cm³/mol. The van der Waals surface area contributed by atoms with Gasteiger partial charge in [-0.25, -0.2) is 0 Å². The third-order valence-corrected chi connectivity index (χ3v) is 4.70. The highest BCUT2D eigenvalue weighted by molar-refractivity contribution is 5.78. The van der Waals surface area contributed by atoms with E-state index in [9.17, 15) is 4.79 Å². The number of ether oxygens (including phenoxy) is 1. The Hall–Kier alpha value is -3.15. The smallest absolute Gasteiger partial charge is 0.258 e. The van der Waals surface area contributed by atoms with Gasteiger partial charge in [0.2, 0.25) is 0 Å². The maximum atomic E-state index is 12.3. The van der Waals surface area contributed by atoms with Gasteiger partial charge >= 0.3 is 0 Å². The molecule has 0 bridgehead atoms. The van der Waals surface area contributed by atoms with Gasteiger partial charge in [-0.2, -0.15) is 4.98 Å². The van der Waals surface area contributed by atoms with Gasteiger partial charge in [0.25, 0.3) is 11.8 Å². The van der Waals surface area contributed by atoms with Crippen LogP contribution in [0.25, 0.3) is 11.5 Å². The van der Waals surface area contributed by atoms with Crippen molar-refractivity contribution in [1.29, 1.82) is 0 Å². The number of hydrogen-bond donors (Lipinski definition) is 1. The molecule has 0 aliphatic heterocycles. The van der Waals surface area contributed by atoms with Crippen LogP contribution in [0.1, 0.15) is 55.2 Å². The Balaban J connectivity index is 1.54. The predicted octanol–water partition coefficient (Wildman–Crippen LogP) is 4.73. The van der Waals surface area contributed by atoms with Gasteiger partial charge in [-0.3, -0.25) is 4.79 Å². The first kappa shape index (κ1) is 20.6. The topological polar surface area (TPSA) is 77.2 Å². The van der Waals surface area contributed by atoms with Crippen LogP contribution in [-0.4, -0.2) is 22.7 Å². The summed E-state index contributed by atoms with van der Waals surface area (Å²) in [6, 6.07) is 13.4. The number of aromatic nitrogens is 2. The number of aryl methyl sites for hydroxylation is 2. The van der Waals surface area contributed by atoms with E-state index in [0.717, 1.165) is 16.7 Å². The number of rotatable bonds is 7. The van der Waals surface area contributed by atoms with Crippen LogP contribution in [0.3, 0.4) is 0 Å². The Kier molecular flexibility index (Phi) is 6.32. The number of carbonyl (C=O) groups is 1. The van der Waals surface area contributed by atoms with Gasteiger partial charge in [0, 0.05) is 11.5 Å². The lowest BCUT2D eigenvalue weighted by Gasteiger charge is -2.17. The molecule has 1 atom stereocenters. The van der Waals surface area contributed by atoms with Crippen molar-refractivity contribution in [3.05, 3.63) is 65.0 Å². The van der Waals surface area contributed by atoms with E-state index in [1.807, 2.05) is 32.9 Å². The monoisotopic (exact) mass is 393 g/mol. The minimum absolute atomic E-state index is 0.0490. The van der Waals surface area contributed by atoms with E-state index in [0.29, 0.717) is 17.5 Å². The summed E-state index contributed by atoms with van der Waals surface area (Å²) in [5.41, 5.74) is 4.28. The van der Waals surface area contributed by atoms with Gasteiger partial charge in [0.1, 0.15) is 5.75 Å². The molecule has 0 saturated carbocycles. The highest BCUT2D eigenvalue weighted by Gasteiger charge is 2.13. The van der Waals surface area contributed by atoms with Gasteiger partial charge in [-0.15, -0.1) is 0 Å². The Morgan fingerprint density at radius 2 is 1.83 bits per heavy atom. The van der Waals surface area contributed by atoms with E-state index in [1.54, 1.807) is 12.1 Å². The second kappa shape index (κ2) is 8.90. The quantitative estimate of drug-likeness (QED) is 0.628. The normalized spacial score (nSPS) is 12.1. The van der Waals surface area contributed by atoms with Crippen LogP contribution in [0.4, 0.5) is 0 Å². The molecule has 0 aliphatic rings. The number of carbonyl (C=O) groups excluding carboxylic acids is 1. The highest BCUT2D eigenvalue weighted by atomic mass is 16.5. The third-order valence-electron chi connectivity index (χ3n) is 4.70. The summed E-state index contributed by atoms with van der Waals surface area (Å²) in [5.74, 6) is 1.79. The summed E-state index contributed by atoms with van der Waals surface area (Å²) in [5, 5.41) is 6.95. The van der Waals surface area contributed by atoms with Crippen molar-refractivity contribution in [3.63, 3.8) is 0 Å². The van der Waals surface area contributed by atoms with Crippen molar-refractivity contribution in [2.75, 3.05) is 6.61 Å². The summed E-state index contributed by atoms with van der Waals surface area (Å²) in [7, 11) is 0. The second-order valence-electron chi connectivity index (χ2n) is 7.57. The van der Waals surface area contributed by atoms with Gasteiger partial charge in [0.05, 0.1) is 6.04 Å². The van der Waals surface area contributed by atoms with Crippen LogP contribution in [0, 0.1) is 13.8 Å². The Morgan fingerprint density at radius 1 is 1.10 bits per heavy atom. The standard InChI is InChI=1S/C23H27N3O3/c1-14(2)22-25-23(29-26-22)18-7-9-19(10-8-18)28-13-21(27)24-17(5)20-11-6-15(3)12-16(20)4/h6-12,14,17H,13H2,1-5H3,(H,24,27). The zero-order valence-corrected chi connectivity index (χ0v) is 17.5. The average molecular weight is 393 g/mol. The molecule has 0 aliphatic carbocycles. The summed E-state index contributed by atoms with van der Waals surface area (Å²) < 4.78 is 10.9. The number of benzene rings is 2. The van der Waals surface area contributed by atoms with Crippen LogP contribution in [0.5, 0.6) is 5.75 Å². The van der Waals surface area contributed by atoms with Crippen molar-refractivity contribution < 1.29 is 14.1 Å². The van der Waals surface area contributed by atoms with Gasteiger partial charge in [-0.05, 0) is 56.2 Å². The fourth-order valence-electron chi connectivity index (χ4n) is 3.10. The van der Waals surface area contributed by atoms with Crippen LogP contribution in [0.2, 0.25) is 0 Å². The molecular formula is C23H27N3O3. The van der Waals surface area contributed by atoms with E-state index < -0.39 is 0 Å². The minimum atomic E-state index is -0.167. The lowest BCUT2D eigenvalue weighted by molar-refractivity contribution is -0.123. The lowest BCUT2D eigenvalue weighted by Crippen LogP contribution is -2.31. The van der Waals surface area contributed by atoms with E-state index in [-0.39, 0.29) is 24.5 Å². The van der Waals surface area contributed by atoms with Gasteiger partial charge < -0.3 is 14.6 Å². The maximum Gasteiger partial charge on any atom is 0.258 e. The average Bonchev–Trinajstić information content (AvgIpc) is 3.17. The van der Waals surface area contributed by atoms with Crippen LogP contribution in [-0.2, 0) is 4.79 Å². The first-order valence-corrected chi connectivity index (χ1v) is 9.77. The molecule has 0 fully saturated rings. The molecule has 0 radical (unpaired) electrons. The summed E-state index contributed by atoms with van der Waals surface area (Å²) >= 11 is 0. The molecule has 1 N–H and O–H groups in total. The molecule has 152 valence electrons. The Labute approximate surface area is 171 Å². The number of amides is 1. The van der Waals surface area contributed by atoms with E-state index in [1.165, 1.54) is 5.56 Å². The third kappa shape index (κ3) is 5.22. The van der Waals surface area contributed by atoms with Crippen molar-refractivity contribution in [2.45, 2.75) is 46.6 Å². The molecule has 0 spiro atoms. The highest BCUT2D eigenvalue weighted by Crippen LogP contribution is 2.23. The Bertz CT molecular complexity index is 977. The minimum Gasteiger partial charge on any atom is -0.484 e. The zero-order valence-electron chi connectivity index (χ0n) is 17.5. The molecule has 1 aromatic heterocycles. The fraction of sp³-hybridized carbons (Fsp3) is 0.348. The summed E-state index contributed by atoms with van der Waals surface area (Å²) in [6.07, 6.45) is 0. The van der Waals surface area contributed by atoms with Gasteiger partial charge in [-0.1, -0.05) is 42.8 Å². The van der Waals surface area contributed by atoms with E-state index in [4.69, 9.17) is 9.26 Å². The molecule has 6 nitrogen and oxygen atoms in total. The maximum absolute atomic E-state index is 12.3. The summed E-state index contributed by atoms with van der Waals surface area (Å²) in [6.45, 7) is 10.1. The fourth-order valence-corrected chi connectivity index (χ4v) is 3.10. The molecule has 2 aromatic carbocycles. The van der Waals surface area contributed by atoms with Crippen LogP contribution >= 0.6 is 0 Å². The zero-order chi connectivity index (χ0) is 21.0. The van der Waals surface area contributed by atoms with Crippen molar-refractivity contribution >= 4 is 5.91 Å². The second-order valence-corrected chi connectivity index (χ2v) is 7.57. The number of nitrogens with zero attached hydrogens (tertiary/aromatic N) is 2. The van der Waals surface area contributed by atoms with Crippen molar-refractivity contribution in [1.82, 2.24) is 15.5 Å². The first-order chi connectivity index (χ1) is 13.8. The lowest BCUT2D eigenvalue weighted by atomic mass is 10.0. The van der Waals surface area contributed by atoms with Crippen LogP contribution in [0.15, 0.2) is 47.0 Å². The number of hydrogen-bond acceptors (Lipinski definition) is 5. The molecule has 0 saturated heterocycles. The Morgan fingerprint density at radius 3 is 2.45 bits per heavy atom. The molecule has 1 amide bonds. The largest absolute Gasteiger partial charge is 0.484 e. The molecule has 3 aromatic rings. The SMILES string of the molecule is Cc1ccc(C(C)NC(=O)COc2ccc(-c3nc(C(C)C)no3)cc2)c(C)c1. The molecule has 1 unspecified atom stereocenters. The number of nitrogens with one attached hydrogen (secondary N) is 1. The molecule has 6 heteroatoms. The molecule has 1 heterocycles. The summed E-state index contributed by atoms with van der Waals surface area (Å²) in [4.78, 5) is 16.6. The van der Waals surface area contributed by atoms with Crippen molar-refractivity contribution in [2.24, 2.45) is 0 Å². The van der Waals surface area contributed by atoms with Crippen molar-refractivity contribution in [3.8, 4) is 17.2 Å². The van der Waals surface area contributed by atoms with E-state index in [2.05, 4.69) is 47.5 Å². The van der Waals surface area contributed by atoms with Gasteiger partial charge in [0.15, 0.2) is 12.4 Å². The first-order valence-electron chi connectivity index (χ1n) is 9.77. The van der Waals surface area contributed by atoms with E-state index >= 15 is 0 Å². The molecular weight excluding hydrogens is 366 g/mol. The van der Waals surface area contributed by atoms with Crippen LogP contribution < -0.4 is 10.1 Å².